The molecule has 0 aromatic heterocycles. The molecule has 22 heavy (non-hydrogen) atoms. The van der Waals surface area contributed by atoms with Crippen molar-refractivity contribution in [3.63, 3.8) is 0 Å². The Labute approximate surface area is 132 Å². The Hall–Kier alpha value is -2.09. The van der Waals surface area contributed by atoms with E-state index in [9.17, 15) is 4.79 Å². The summed E-state index contributed by atoms with van der Waals surface area (Å²) < 4.78 is 0. The third-order valence-corrected chi connectivity index (χ3v) is 4.49. The van der Waals surface area contributed by atoms with Crippen LogP contribution in [0.5, 0.6) is 0 Å². The van der Waals surface area contributed by atoms with Crippen molar-refractivity contribution in [3.8, 4) is 0 Å². The predicted octanol–water partition coefficient (Wildman–Crippen LogP) is 4.65. The average molecular weight is 293 g/mol. The number of hydrogen-bond donors (Lipinski definition) is 1. The number of amides is 1. The fraction of sp³-hybridized carbons (Fsp3) is 0.350. The Morgan fingerprint density at radius 3 is 2.14 bits per heavy atom. The van der Waals surface area contributed by atoms with Gasteiger partial charge in [-0.2, -0.15) is 0 Å². The summed E-state index contributed by atoms with van der Waals surface area (Å²) in [5.74, 6) is 0.121. The molecule has 0 aliphatic heterocycles. The van der Waals surface area contributed by atoms with Crippen LogP contribution in [0.3, 0.4) is 0 Å². The Bertz CT molecular complexity index is 678. The molecule has 0 radical (unpaired) electrons. The molecule has 1 saturated carbocycles. The largest absolute Gasteiger partial charge is 0.325 e. The van der Waals surface area contributed by atoms with E-state index >= 15 is 0 Å². The first-order chi connectivity index (χ1) is 10.4. The third kappa shape index (κ3) is 2.66. The number of hydrogen-bond acceptors (Lipinski definition) is 1. The minimum atomic E-state index is -0.327. The number of carbonyl (C=O) groups excluding carboxylic acids is 1. The molecule has 2 heteroatoms. The van der Waals surface area contributed by atoms with Gasteiger partial charge in [0.05, 0.1) is 5.41 Å². The van der Waals surface area contributed by atoms with E-state index in [0.717, 1.165) is 24.1 Å². The van der Waals surface area contributed by atoms with Crippen LogP contribution >= 0.6 is 0 Å². The molecule has 3 rings (SSSR count). The third-order valence-electron chi connectivity index (χ3n) is 4.49. The van der Waals surface area contributed by atoms with Crippen LogP contribution in [0.1, 0.15) is 44.7 Å². The van der Waals surface area contributed by atoms with Gasteiger partial charge in [-0.1, -0.05) is 69.3 Å². The van der Waals surface area contributed by atoms with E-state index in [1.54, 1.807) is 0 Å². The quantitative estimate of drug-likeness (QED) is 0.876. The molecule has 0 unspecified atom stereocenters. The lowest BCUT2D eigenvalue weighted by molar-refractivity contribution is -0.118. The first kappa shape index (κ1) is 14.8. The number of rotatable bonds is 3. The normalized spacial score (nSPS) is 16.1. The van der Waals surface area contributed by atoms with Gasteiger partial charge in [0.25, 0.3) is 0 Å². The molecule has 1 fully saturated rings. The van der Waals surface area contributed by atoms with E-state index in [4.69, 9.17) is 0 Å². The van der Waals surface area contributed by atoms with Crippen LogP contribution in [0.4, 0.5) is 5.69 Å². The van der Waals surface area contributed by atoms with Crippen LogP contribution in [0.2, 0.25) is 0 Å². The van der Waals surface area contributed by atoms with Gasteiger partial charge in [0.1, 0.15) is 0 Å². The van der Waals surface area contributed by atoms with Gasteiger partial charge in [-0.15, -0.1) is 0 Å². The second kappa shape index (κ2) is 5.28. The van der Waals surface area contributed by atoms with Gasteiger partial charge < -0.3 is 5.32 Å². The van der Waals surface area contributed by atoms with E-state index in [1.807, 2.05) is 36.4 Å². The zero-order valence-electron chi connectivity index (χ0n) is 13.5. The van der Waals surface area contributed by atoms with Gasteiger partial charge in [0.15, 0.2) is 0 Å². The summed E-state index contributed by atoms with van der Waals surface area (Å²) in [5.41, 5.74) is 2.91. The molecule has 2 nitrogen and oxygen atoms in total. The SMILES string of the molecule is CC(C)(C)c1ccccc1NC(=O)C1(c2ccccc2)CC1. The number of nitrogens with one attached hydrogen (secondary N) is 1. The van der Waals surface area contributed by atoms with Gasteiger partial charge >= 0.3 is 0 Å². The molecule has 0 atom stereocenters. The Morgan fingerprint density at radius 2 is 1.55 bits per heavy atom. The van der Waals surface area contributed by atoms with Crippen molar-refractivity contribution in [2.75, 3.05) is 5.32 Å². The van der Waals surface area contributed by atoms with Crippen LogP contribution in [-0.4, -0.2) is 5.91 Å². The van der Waals surface area contributed by atoms with E-state index in [0.29, 0.717) is 0 Å². The Kier molecular flexibility index (Phi) is 3.56. The summed E-state index contributed by atoms with van der Waals surface area (Å²) in [6.45, 7) is 6.51. The second-order valence-electron chi connectivity index (χ2n) is 7.20. The van der Waals surface area contributed by atoms with Crippen molar-refractivity contribution >= 4 is 11.6 Å². The van der Waals surface area contributed by atoms with Crippen LogP contribution < -0.4 is 5.32 Å². The molecule has 2 aromatic rings. The fourth-order valence-corrected chi connectivity index (χ4v) is 3.02. The minimum absolute atomic E-state index is 0.00728. The van der Waals surface area contributed by atoms with Crippen molar-refractivity contribution in [2.45, 2.75) is 44.4 Å². The van der Waals surface area contributed by atoms with Crippen molar-refractivity contribution in [3.05, 3.63) is 65.7 Å². The van der Waals surface area contributed by atoms with Gasteiger partial charge in [-0.3, -0.25) is 4.79 Å². The molecule has 2 aromatic carbocycles. The molecule has 1 amide bonds. The van der Waals surface area contributed by atoms with E-state index in [1.165, 1.54) is 5.56 Å². The summed E-state index contributed by atoms with van der Waals surface area (Å²) >= 11 is 0. The summed E-state index contributed by atoms with van der Waals surface area (Å²) in [6, 6.07) is 18.2. The van der Waals surface area contributed by atoms with Crippen molar-refractivity contribution in [1.82, 2.24) is 0 Å². The van der Waals surface area contributed by atoms with Crippen molar-refractivity contribution in [2.24, 2.45) is 0 Å². The molecule has 114 valence electrons. The smallest absolute Gasteiger partial charge is 0.235 e. The molecular formula is C20H23NO. The Morgan fingerprint density at radius 1 is 0.955 bits per heavy atom. The molecule has 0 saturated heterocycles. The standard InChI is InChI=1S/C20H23NO/c1-19(2,3)16-11-7-8-12-17(16)21-18(22)20(13-14-20)15-9-5-4-6-10-15/h4-12H,13-14H2,1-3H3,(H,21,22). The molecule has 1 N–H and O–H groups in total. The average Bonchev–Trinajstić information content (AvgIpc) is 3.29. The van der Waals surface area contributed by atoms with Gasteiger partial charge in [0.2, 0.25) is 5.91 Å². The van der Waals surface area contributed by atoms with Crippen LogP contribution in [0, 0.1) is 0 Å². The maximum Gasteiger partial charge on any atom is 0.235 e. The molecule has 0 heterocycles. The topological polar surface area (TPSA) is 29.1 Å². The maximum absolute atomic E-state index is 12.9. The molecule has 0 spiro atoms. The first-order valence-corrected chi connectivity index (χ1v) is 7.90. The zero-order chi connectivity index (χ0) is 15.8. The summed E-state index contributed by atoms with van der Waals surface area (Å²) in [6.07, 6.45) is 1.86. The number of para-hydroxylation sites is 1. The minimum Gasteiger partial charge on any atom is -0.325 e. The molecular weight excluding hydrogens is 270 g/mol. The van der Waals surface area contributed by atoms with Gasteiger partial charge in [-0.25, -0.2) is 0 Å². The molecule has 1 aliphatic carbocycles. The van der Waals surface area contributed by atoms with E-state index in [-0.39, 0.29) is 16.7 Å². The van der Waals surface area contributed by atoms with E-state index < -0.39 is 0 Å². The molecule has 1 aliphatic rings. The summed E-state index contributed by atoms with van der Waals surface area (Å²) in [7, 11) is 0. The van der Waals surface area contributed by atoms with Gasteiger partial charge in [-0.05, 0) is 35.4 Å². The monoisotopic (exact) mass is 293 g/mol. The maximum atomic E-state index is 12.9. The van der Waals surface area contributed by atoms with E-state index in [2.05, 4.69) is 44.3 Å². The lowest BCUT2D eigenvalue weighted by atomic mass is 9.85. The highest BCUT2D eigenvalue weighted by Crippen LogP contribution is 2.49. The highest BCUT2D eigenvalue weighted by Gasteiger charge is 2.51. The number of carbonyl (C=O) groups is 1. The molecule has 0 bridgehead atoms. The Balaban J connectivity index is 1.88. The zero-order valence-corrected chi connectivity index (χ0v) is 13.5. The van der Waals surface area contributed by atoms with Crippen LogP contribution in [-0.2, 0) is 15.6 Å². The predicted molar refractivity (Wildman–Crippen MR) is 91.1 cm³/mol. The lowest BCUT2D eigenvalue weighted by Gasteiger charge is -2.24. The van der Waals surface area contributed by atoms with Crippen LogP contribution in [0.25, 0.3) is 0 Å². The van der Waals surface area contributed by atoms with Crippen LogP contribution in [0.15, 0.2) is 54.6 Å². The highest BCUT2D eigenvalue weighted by atomic mass is 16.2. The second-order valence-corrected chi connectivity index (χ2v) is 7.20. The number of benzene rings is 2. The van der Waals surface area contributed by atoms with Gasteiger partial charge in [0, 0.05) is 5.69 Å². The number of anilines is 1. The first-order valence-electron chi connectivity index (χ1n) is 7.90. The summed E-state index contributed by atoms with van der Waals surface area (Å²) in [4.78, 5) is 12.9. The van der Waals surface area contributed by atoms with Crippen molar-refractivity contribution in [1.29, 1.82) is 0 Å². The lowest BCUT2D eigenvalue weighted by Crippen LogP contribution is -2.29. The highest BCUT2D eigenvalue weighted by molar-refractivity contribution is 6.02. The van der Waals surface area contributed by atoms with Crippen molar-refractivity contribution < 1.29 is 4.79 Å². The fourth-order valence-electron chi connectivity index (χ4n) is 3.02. The summed E-state index contributed by atoms with van der Waals surface area (Å²) in [5, 5.41) is 3.18.